The van der Waals surface area contributed by atoms with Crippen molar-refractivity contribution in [2.75, 3.05) is 0 Å². The van der Waals surface area contributed by atoms with Crippen molar-refractivity contribution in [2.45, 2.75) is 32.6 Å². The second kappa shape index (κ2) is 8.69. The lowest BCUT2D eigenvalue weighted by molar-refractivity contribution is -0.120. The van der Waals surface area contributed by atoms with Gasteiger partial charge in [-0.25, -0.2) is 0 Å². The molecule has 27 heavy (non-hydrogen) atoms. The third-order valence-corrected chi connectivity index (χ3v) is 4.62. The zero-order chi connectivity index (χ0) is 19.2. The largest absolute Gasteiger partial charge is 0.467 e. The Bertz CT molecular complexity index is 841. The Hall–Kier alpha value is -2.85. The van der Waals surface area contributed by atoms with E-state index in [2.05, 4.69) is 12.1 Å². The van der Waals surface area contributed by atoms with Gasteiger partial charge in [0.15, 0.2) is 0 Å². The van der Waals surface area contributed by atoms with Gasteiger partial charge in [-0.05, 0) is 48.2 Å². The lowest BCUT2D eigenvalue weighted by Crippen LogP contribution is -2.34. The number of carbonyl (C=O) groups is 1. The van der Waals surface area contributed by atoms with Crippen LogP contribution in [0.5, 0.6) is 5.75 Å². The van der Waals surface area contributed by atoms with Crippen molar-refractivity contribution in [1.82, 2.24) is 4.57 Å². The summed E-state index contributed by atoms with van der Waals surface area (Å²) in [6.07, 6.45) is 2.61. The van der Waals surface area contributed by atoms with Gasteiger partial charge in [0, 0.05) is 18.8 Å². The van der Waals surface area contributed by atoms with Crippen molar-refractivity contribution in [3.63, 3.8) is 0 Å². The molecule has 1 N–H and O–H groups in total. The smallest absolute Gasteiger partial charge is 0.201 e. The maximum absolute atomic E-state index is 11.4. The van der Waals surface area contributed by atoms with Crippen molar-refractivity contribution in [3.8, 4) is 16.9 Å². The van der Waals surface area contributed by atoms with Crippen LogP contribution in [0, 0.1) is 5.92 Å². The minimum Gasteiger partial charge on any atom is -0.467 e. The number of aromatic nitrogens is 1. The zero-order valence-electron chi connectivity index (χ0n) is 15.7. The highest BCUT2D eigenvalue weighted by molar-refractivity contribution is 5.75. The van der Waals surface area contributed by atoms with Crippen LogP contribution in [0.15, 0.2) is 79.1 Å². The van der Waals surface area contributed by atoms with Gasteiger partial charge in [-0.2, -0.15) is 0 Å². The van der Waals surface area contributed by atoms with Gasteiger partial charge in [0.1, 0.15) is 17.6 Å². The van der Waals surface area contributed by atoms with E-state index in [0.29, 0.717) is 12.2 Å². The molecule has 3 aromatic rings. The van der Waals surface area contributed by atoms with Crippen LogP contribution in [0.3, 0.4) is 0 Å². The van der Waals surface area contributed by atoms with Crippen LogP contribution in [-0.2, 0) is 4.79 Å². The van der Waals surface area contributed by atoms with Crippen LogP contribution in [0.2, 0.25) is 0 Å². The maximum atomic E-state index is 11.4. The summed E-state index contributed by atoms with van der Waals surface area (Å²) in [6, 6.07) is 21.7. The minimum atomic E-state index is -0.810. The van der Waals surface area contributed by atoms with Gasteiger partial charge in [-0.3, -0.25) is 0 Å². The van der Waals surface area contributed by atoms with Gasteiger partial charge in [-0.1, -0.05) is 49.4 Å². The number of benzene rings is 2. The molecule has 2 aromatic carbocycles. The van der Waals surface area contributed by atoms with E-state index in [1.807, 2.05) is 78.5 Å². The summed E-state index contributed by atoms with van der Waals surface area (Å²) in [6.45, 7) is 3.40. The first-order valence-corrected chi connectivity index (χ1v) is 9.16. The van der Waals surface area contributed by atoms with Crippen LogP contribution in [0.4, 0.5) is 0 Å². The second-order valence-corrected chi connectivity index (χ2v) is 6.90. The number of carbonyl (C=O) groups excluding carboxylic acids is 1. The third-order valence-electron chi connectivity index (χ3n) is 4.62. The second-order valence-electron chi connectivity index (χ2n) is 6.90. The molecule has 0 fully saturated rings. The van der Waals surface area contributed by atoms with E-state index in [0.717, 1.165) is 11.1 Å². The molecule has 0 amide bonds. The fourth-order valence-corrected chi connectivity index (χ4v) is 3.18. The summed E-state index contributed by atoms with van der Waals surface area (Å²) < 4.78 is 7.94. The number of Topliss-reactive ketones (excluding diaryl/α,β-unsaturated/α-hetero) is 1. The Kier molecular flexibility index (Phi) is 6.09. The number of rotatable bonds is 8. The normalized spacial score (nSPS) is 14.3. The molecular weight excluding hydrogens is 338 g/mol. The predicted molar refractivity (Wildman–Crippen MR) is 106 cm³/mol. The molecule has 0 aliphatic rings. The van der Waals surface area contributed by atoms with Crippen molar-refractivity contribution >= 4 is 5.78 Å². The molecule has 3 rings (SSSR count). The first kappa shape index (κ1) is 18.9. The fourth-order valence-electron chi connectivity index (χ4n) is 3.18. The van der Waals surface area contributed by atoms with Crippen LogP contribution < -0.4 is 4.74 Å². The Morgan fingerprint density at radius 2 is 1.56 bits per heavy atom. The van der Waals surface area contributed by atoms with Crippen molar-refractivity contribution in [1.29, 1.82) is 0 Å². The van der Waals surface area contributed by atoms with Gasteiger partial charge in [0.05, 0.1) is 0 Å². The highest BCUT2D eigenvalue weighted by atomic mass is 16.5. The average Bonchev–Trinajstić information content (AvgIpc) is 3.20. The van der Waals surface area contributed by atoms with Gasteiger partial charge in [0.2, 0.25) is 6.23 Å². The number of ketones is 1. The lowest BCUT2D eigenvalue weighted by atomic mass is 9.97. The van der Waals surface area contributed by atoms with Crippen molar-refractivity contribution in [3.05, 3.63) is 79.1 Å². The van der Waals surface area contributed by atoms with Gasteiger partial charge < -0.3 is 19.2 Å². The molecular formula is C23H25NO3. The molecule has 0 saturated carbocycles. The van der Waals surface area contributed by atoms with E-state index < -0.39 is 12.3 Å². The Morgan fingerprint density at radius 1 is 0.963 bits per heavy atom. The molecule has 3 atom stereocenters. The predicted octanol–water partition coefficient (Wildman–Crippen LogP) is 4.71. The summed E-state index contributed by atoms with van der Waals surface area (Å²) in [5.74, 6) is 0.515. The monoisotopic (exact) mass is 363 g/mol. The molecule has 0 bridgehead atoms. The maximum Gasteiger partial charge on any atom is 0.201 e. The van der Waals surface area contributed by atoms with E-state index in [-0.39, 0.29) is 11.7 Å². The number of nitrogens with zero attached hydrogens (tertiary/aromatic N) is 1. The van der Waals surface area contributed by atoms with Gasteiger partial charge in [-0.15, -0.1) is 0 Å². The average molecular weight is 363 g/mol. The van der Waals surface area contributed by atoms with Crippen LogP contribution in [0.1, 0.15) is 26.5 Å². The summed E-state index contributed by atoms with van der Waals surface area (Å²) >= 11 is 0. The van der Waals surface area contributed by atoms with Gasteiger partial charge in [0.25, 0.3) is 0 Å². The Morgan fingerprint density at radius 3 is 2.15 bits per heavy atom. The standard InChI is InChI=1S/C23H25NO3/c1-17(16-18(2)25)22(26)23(24-14-6-7-15-24)27-21-12-10-20(11-13-21)19-8-4-3-5-9-19/h3-15,17,22-23,26H,16H2,1-2H3. The highest BCUT2D eigenvalue weighted by Crippen LogP contribution is 2.28. The summed E-state index contributed by atoms with van der Waals surface area (Å²) in [5.41, 5.74) is 2.24. The number of ether oxygens (including phenoxy) is 1. The summed E-state index contributed by atoms with van der Waals surface area (Å²) in [7, 11) is 0. The summed E-state index contributed by atoms with van der Waals surface area (Å²) in [4.78, 5) is 11.4. The molecule has 4 nitrogen and oxygen atoms in total. The van der Waals surface area contributed by atoms with Crippen LogP contribution >= 0.6 is 0 Å². The van der Waals surface area contributed by atoms with Crippen LogP contribution in [0.25, 0.3) is 11.1 Å². The molecule has 4 heteroatoms. The number of aliphatic hydroxyl groups is 1. The third kappa shape index (κ3) is 4.86. The first-order chi connectivity index (χ1) is 13.0. The van der Waals surface area contributed by atoms with Crippen molar-refractivity contribution in [2.24, 2.45) is 5.92 Å². The number of aliphatic hydroxyl groups excluding tert-OH is 1. The highest BCUT2D eigenvalue weighted by Gasteiger charge is 2.28. The Labute approximate surface area is 160 Å². The molecule has 0 spiro atoms. The molecule has 3 unspecified atom stereocenters. The number of hydrogen-bond acceptors (Lipinski definition) is 3. The Balaban J connectivity index is 1.79. The quantitative estimate of drug-likeness (QED) is 0.631. The first-order valence-electron chi connectivity index (χ1n) is 9.16. The molecule has 140 valence electrons. The van der Waals surface area contributed by atoms with E-state index in [9.17, 15) is 9.90 Å². The van der Waals surface area contributed by atoms with E-state index >= 15 is 0 Å². The lowest BCUT2D eigenvalue weighted by Gasteiger charge is -2.29. The van der Waals surface area contributed by atoms with Crippen molar-refractivity contribution < 1.29 is 14.6 Å². The number of hydrogen-bond donors (Lipinski definition) is 1. The molecule has 0 radical (unpaired) electrons. The van der Waals surface area contributed by atoms with Gasteiger partial charge >= 0.3 is 0 Å². The topological polar surface area (TPSA) is 51.5 Å². The van der Waals surface area contributed by atoms with E-state index in [1.165, 1.54) is 6.92 Å². The molecule has 0 aliphatic carbocycles. The van der Waals surface area contributed by atoms with E-state index in [1.54, 1.807) is 0 Å². The molecule has 0 aliphatic heterocycles. The summed E-state index contributed by atoms with van der Waals surface area (Å²) in [5, 5.41) is 10.8. The SMILES string of the molecule is CC(=O)CC(C)C(O)C(Oc1ccc(-c2ccccc2)cc1)n1cccc1. The van der Waals surface area contributed by atoms with E-state index in [4.69, 9.17) is 4.74 Å². The fraction of sp³-hybridized carbons (Fsp3) is 0.261. The zero-order valence-corrected chi connectivity index (χ0v) is 15.7. The van der Waals surface area contributed by atoms with Crippen LogP contribution in [-0.4, -0.2) is 21.6 Å². The molecule has 0 saturated heterocycles. The minimum absolute atomic E-state index is 0.0556. The molecule has 1 heterocycles. The molecule has 1 aromatic heterocycles.